The second-order valence-electron chi connectivity index (χ2n) is 11.0. The first-order valence-corrected chi connectivity index (χ1v) is 13.5. The summed E-state index contributed by atoms with van der Waals surface area (Å²) in [5.41, 5.74) is 3.57. The number of halogens is 4. The Balaban J connectivity index is 1.63. The van der Waals surface area contributed by atoms with Gasteiger partial charge in [-0.05, 0) is 29.8 Å². The van der Waals surface area contributed by atoms with E-state index in [1.807, 2.05) is 0 Å². The SMILES string of the molecule is CC(C)(C(N)=O)[C@H](COCc1ccc(Cl)cc1)C(=O)N1CCN2C(=O)N(CC(F)(F)F)C(=O)[C@]2(Cc2ccccn2)C1. The van der Waals surface area contributed by atoms with Gasteiger partial charge in [0, 0.05) is 36.4 Å². The Hall–Kier alpha value is -3.71. The number of hydrogen-bond acceptors (Lipinski definition) is 6. The molecule has 2 N–H and O–H groups in total. The number of carbonyl (C=O) groups is 4. The third-order valence-electron chi connectivity index (χ3n) is 7.79. The first kappa shape index (κ1) is 31.2. The molecule has 0 saturated carbocycles. The van der Waals surface area contributed by atoms with Crippen LogP contribution in [-0.4, -0.2) is 87.9 Å². The number of pyridine rings is 1. The molecule has 2 saturated heterocycles. The van der Waals surface area contributed by atoms with E-state index >= 15 is 0 Å². The number of hydrogen-bond donors (Lipinski definition) is 1. The fraction of sp³-hybridized carbons (Fsp3) is 0.464. The molecule has 2 aromatic rings. The summed E-state index contributed by atoms with van der Waals surface area (Å²) in [5, 5.41) is 0.536. The molecule has 2 atom stereocenters. The number of ether oxygens (including phenoxy) is 1. The highest BCUT2D eigenvalue weighted by Crippen LogP contribution is 2.38. The highest BCUT2D eigenvalue weighted by Gasteiger charge is 2.62. The number of piperazine rings is 1. The molecule has 1 aromatic heterocycles. The fourth-order valence-corrected chi connectivity index (χ4v) is 5.38. The van der Waals surface area contributed by atoms with E-state index in [1.54, 1.807) is 42.5 Å². The average molecular weight is 610 g/mol. The summed E-state index contributed by atoms with van der Waals surface area (Å²) in [6.45, 7) is 0.456. The van der Waals surface area contributed by atoms with Gasteiger partial charge in [0.1, 0.15) is 12.1 Å². The Kier molecular flexibility index (Phi) is 8.84. The molecule has 42 heavy (non-hydrogen) atoms. The zero-order chi connectivity index (χ0) is 30.9. The van der Waals surface area contributed by atoms with Crippen molar-refractivity contribution in [1.82, 2.24) is 19.7 Å². The fourth-order valence-electron chi connectivity index (χ4n) is 5.25. The van der Waals surface area contributed by atoms with E-state index in [1.165, 1.54) is 24.9 Å². The average Bonchev–Trinajstić information content (AvgIpc) is 3.12. The second kappa shape index (κ2) is 11.9. The number of nitrogens with two attached hydrogens (primary N) is 1. The molecular formula is C28H31ClF3N5O5. The molecule has 1 aromatic carbocycles. The van der Waals surface area contributed by atoms with Crippen LogP contribution in [0, 0.1) is 11.3 Å². The maximum atomic E-state index is 14.0. The molecule has 3 heterocycles. The molecule has 0 bridgehead atoms. The van der Waals surface area contributed by atoms with E-state index < -0.39 is 59.9 Å². The quantitative estimate of drug-likeness (QED) is 0.413. The molecule has 0 unspecified atom stereocenters. The second-order valence-corrected chi connectivity index (χ2v) is 11.4. The van der Waals surface area contributed by atoms with Gasteiger partial charge in [0.05, 0.1) is 31.1 Å². The molecular weight excluding hydrogens is 579 g/mol. The zero-order valence-corrected chi connectivity index (χ0v) is 23.8. The summed E-state index contributed by atoms with van der Waals surface area (Å²) >= 11 is 5.93. The third-order valence-corrected chi connectivity index (χ3v) is 8.04. The predicted molar refractivity (Wildman–Crippen MR) is 145 cm³/mol. The number of benzene rings is 1. The first-order valence-electron chi connectivity index (χ1n) is 13.2. The number of rotatable bonds is 10. The molecule has 14 heteroatoms. The van der Waals surface area contributed by atoms with Crippen molar-refractivity contribution in [2.24, 2.45) is 17.1 Å². The van der Waals surface area contributed by atoms with Crippen molar-refractivity contribution < 1.29 is 37.1 Å². The minimum absolute atomic E-state index is 0.0792. The molecule has 2 aliphatic heterocycles. The minimum atomic E-state index is -4.82. The van der Waals surface area contributed by atoms with Crippen LogP contribution in [0.25, 0.3) is 0 Å². The lowest BCUT2D eigenvalue weighted by Gasteiger charge is -2.46. The van der Waals surface area contributed by atoms with E-state index in [9.17, 15) is 32.3 Å². The van der Waals surface area contributed by atoms with Crippen LogP contribution >= 0.6 is 11.6 Å². The van der Waals surface area contributed by atoms with Crippen molar-refractivity contribution in [2.75, 3.05) is 32.8 Å². The van der Waals surface area contributed by atoms with Gasteiger partial charge >= 0.3 is 12.2 Å². The summed E-state index contributed by atoms with van der Waals surface area (Å²) < 4.78 is 45.9. The van der Waals surface area contributed by atoms with E-state index in [0.717, 1.165) is 10.5 Å². The molecule has 2 aliphatic rings. The van der Waals surface area contributed by atoms with Gasteiger partial charge in [-0.15, -0.1) is 0 Å². The number of imide groups is 1. The molecule has 0 spiro atoms. The number of nitrogens with zero attached hydrogens (tertiary/aromatic N) is 4. The number of alkyl halides is 3. The highest BCUT2D eigenvalue weighted by molar-refractivity contribution is 6.30. The molecule has 4 rings (SSSR count). The van der Waals surface area contributed by atoms with Gasteiger partial charge in [-0.25, -0.2) is 4.79 Å². The molecule has 0 radical (unpaired) electrons. The van der Waals surface area contributed by atoms with Gasteiger partial charge in [-0.1, -0.05) is 43.6 Å². The molecule has 2 fully saturated rings. The number of primary amides is 1. The number of carbonyl (C=O) groups excluding carboxylic acids is 4. The van der Waals surface area contributed by atoms with E-state index in [2.05, 4.69) is 4.98 Å². The number of fused-ring (bicyclic) bond motifs is 1. The summed E-state index contributed by atoms with van der Waals surface area (Å²) in [4.78, 5) is 59.9. The van der Waals surface area contributed by atoms with Crippen molar-refractivity contribution in [3.63, 3.8) is 0 Å². The Morgan fingerprint density at radius 1 is 1.12 bits per heavy atom. The standard InChI is InChI=1S/C28H31ClF3N5O5/c1-26(2,23(33)39)21(15-42-14-18-6-8-19(29)9-7-18)22(38)35-11-12-37-25(41)36(17-28(30,31)32)24(40)27(37,16-35)13-20-5-3-4-10-34-20/h3-10,21H,11-17H2,1-2H3,(H2,33,39)/t21-,27+/m1/s1. The Bertz CT molecular complexity index is 1340. The normalized spacial score (nSPS) is 20.1. The number of urea groups is 1. The van der Waals surface area contributed by atoms with Gasteiger partial charge in [-0.2, -0.15) is 13.2 Å². The van der Waals surface area contributed by atoms with Gasteiger partial charge in [-0.3, -0.25) is 24.3 Å². The monoisotopic (exact) mass is 609 g/mol. The summed E-state index contributed by atoms with van der Waals surface area (Å²) in [7, 11) is 0. The van der Waals surface area contributed by atoms with E-state index in [4.69, 9.17) is 22.1 Å². The van der Waals surface area contributed by atoms with Crippen molar-refractivity contribution in [3.05, 3.63) is 64.9 Å². The van der Waals surface area contributed by atoms with Gasteiger partial charge < -0.3 is 20.3 Å². The van der Waals surface area contributed by atoms with Gasteiger partial charge in [0.2, 0.25) is 11.8 Å². The summed E-state index contributed by atoms with van der Waals surface area (Å²) in [5.74, 6) is -3.51. The summed E-state index contributed by atoms with van der Waals surface area (Å²) in [6.07, 6.45) is -3.58. The Labute approximate surface area is 245 Å². The van der Waals surface area contributed by atoms with Crippen LogP contribution in [-0.2, 0) is 32.1 Å². The van der Waals surface area contributed by atoms with Crippen molar-refractivity contribution in [3.8, 4) is 0 Å². The van der Waals surface area contributed by atoms with Crippen LogP contribution in [0.4, 0.5) is 18.0 Å². The first-order chi connectivity index (χ1) is 19.7. The molecule has 0 aliphatic carbocycles. The largest absolute Gasteiger partial charge is 0.406 e. The third kappa shape index (κ3) is 6.36. The van der Waals surface area contributed by atoms with Crippen LogP contribution in [0.5, 0.6) is 0 Å². The molecule has 226 valence electrons. The lowest BCUT2D eigenvalue weighted by molar-refractivity contribution is -0.159. The zero-order valence-electron chi connectivity index (χ0n) is 23.1. The van der Waals surface area contributed by atoms with Crippen LogP contribution in [0.15, 0.2) is 48.7 Å². The van der Waals surface area contributed by atoms with Crippen LogP contribution < -0.4 is 5.73 Å². The lowest BCUT2D eigenvalue weighted by Crippen LogP contribution is -2.66. The molecule has 5 amide bonds. The Morgan fingerprint density at radius 3 is 2.40 bits per heavy atom. The van der Waals surface area contributed by atoms with Crippen LogP contribution in [0.1, 0.15) is 25.1 Å². The van der Waals surface area contributed by atoms with Gasteiger partial charge in [0.15, 0.2) is 0 Å². The van der Waals surface area contributed by atoms with Gasteiger partial charge in [0.25, 0.3) is 5.91 Å². The Morgan fingerprint density at radius 2 is 1.81 bits per heavy atom. The number of amides is 5. The van der Waals surface area contributed by atoms with E-state index in [-0.39, 0.29) is 37.6 Å². The topological polar surface area (TPSA) is 126 Å². The van der Waals surface area contributed by atoms with Crippen LogP contribution in [0.2, 0.25) is 5.02 Å². The van der Waals surface area contributed by atoms with Crippen molar-refractivity contribution in [1.29, 1.82) is 0 Å². The smallest absolute Gasteiger partial charge is 0.376 e. The van der Waals surface area contributed by atoms with E-state index in [0.29, 0.717) is 10.7 Å². The minimum Gasteiger partial charge on any atom is -0.376 e. The van der Waals surface area contributed by atoms with Crippen molar-refractivity contribution in [2.45, 2.75) is 38.6 Å². The number of aromatic nitrogens is 1. The summed E-state index contributed by atoms with van der Waals surface area (Å²) in [6, 6.07) is 10.6. The maximum Gasteiger partial charge on any atom is 0.406 e. The highest BCUT2D eigenvalue weighted by atomic mass is 35.5. The van der Waals surface area contributed by atoms with Crippen LogP contribution in [0.3, 0.4) is 0 Å². The van der Waals surface area contributed by atoms with Crippen molar-refractivity contribution >= 4 is 35.4 Å². The maximum absolute atomic E-state index is 14.0. The lowest BCUT2D eigenvalue weighted by atomic mass is 9.77. The predicted octanol–water partition coefficient (Wildman–Crippen LogP) is 3.03. The molecule has 10 nitrogen and oxygen atoms in total.